The molecule has 10 heteroatoms. The van der Waals surface area contributed by atoms with Gasteiger partial charge < -0.3 is 20.5 Å². The number of nitrogens with two attached hydrogens (primary N) is 1. The third kappa shape index (κ3) is 5.03. The predicted octanol–water partition coefficient (Wildman–Crippen LogP) is 4.24. The second-order valence-corrected chi connectivity index (χ2v) is 12.8. The third-order valence-corrected chi connectivity index (χ3v) is 10.4. The molecular weight excluding hydrogens is 530 g/mol. The van der Waals surface area contributed by atoms with E-state index in [1.54, 1.807) is 42.5 Å². The van der Waals surface area contributed by atoms with Crippen LogP contribution in [-0.2, 0) is 25.8 Å². The number of piperidine rings is 1. The highest BCUT2D eigenvalue weighted by Gasteiger charge is 2.54. The normalized spacial score (nSPS) is 22.5. The van der Waals surface area contributed by atoms with Gasteiger partial charge in [-0.1, -0.05) is 55.3 Å². The molecule has 0 aromatic heterocycles. The number of sulfone groups is 1. The lowest BCUT2D eigenvalue weighted by Gasteiger charge is -2.49. The first kappa shape index (κ1) is 27.6. The van der Waals surface area contributed by atoms with Crippen LogP contribution in [0.2, 0.25) is 0 Å². The van der Waals surface area contributed by atoms with Crippen LogP contribution in [0.25, 0.3) is 10.8 Å². The van der Waals surface area contributed by atoms with Gasteiger partial charge in [0.1, 0.15) is 6.10 Å². The third-order valence-electron chi connectivity index (χ3n) is 8.22. The molecular formula is C30H31N3O6S. The topological polar surface area (TPSA) is 151 Å². The Bertz CT molecular complexity index is 1600. The van der Waals surface area contributed by atoms with E-state index in [9.17, 15) is 28.4 Å². The molecule has 1 amide bonds. The van der Waals surface area contributed by atoms with E-state index in [1.165, 1.54) is 17.0 Å². The molecule has 3 unspecified atom stereocenters. The Morgan fingerprint density at radius 3 is 2.52 bits per heavy atom. The van der Waals surface area contributed by atoms with Gasteiger partial charge in [-0.3, -0.25) is 4.79 Å². The number of carboxylic acid groups (broad SMARTS) is 1. The lowest BCUT2D eigenvalue weighted by atomic mass is 9.76. The van der Waals surface area contributed by atoms with Gasteiger partial charge in [0.25, 0.3) is 5.91 Å². The van der Waals surface area contributed by atoms with Gasteiger partial charge in [0.15, 0.2) is 0 Å². The van der Waals surface area contributed by atoms with Crippen molar-refractivity contribution in [3.63, 3.8) is 0 Å². The molecule has 208 valence electrons. The number of ether oxygens (including phenoxy) is 1. The smallest absolute Gasteiger partial charge is 0.450 e. The monoisotopic (exact) mass is 561 g/mol. The van der Waals surface area contributed by atoms with Crippen LogP contribution in [-0.4, -0.2) is 54.0 Å². The highest BCUT2D eigenvalue weighted by atomic mass is 32.2. The van der Waals surface area contributed by atoms with Crippen LogP contribution in [0, 0.1) is 17.2 Å². The van der Waals surface area contributed by atoms with Crippen LogP contribution in [0.15, 0.2) is 71.6 Å². The summed E-state index contributed by atoms with van der Waals surface area (Å²) < 4.78 is 33.9. The van der Waals surface area contributed by atoms with Crippen LogP contribution in [0.3, 0.4) is 0 Å². The maximum Gasteiger partial charge on any atom is 0.506 e. The summed E-state index contributed by atoms with van der Waals surface area (Å²) in [5.74, 6) is -0.967. The lowest BCUT2D eigenvalue weighted by Crippen LogP contribution is -2.66. The molecule has 2 fully saturated rings. The number of hydrogen-bond acceptors (Lipinski definition) is 7. The summed E-state index contributed by atoms with van der Waals surface area (Å²) in [6, 6.07) is 20.1. The van der Waals surface area contributed by atoms with Gasteiger partial charge in [0.05, 0.1) is 16.5 Å². The summed E-state index contributed by atoms with van der Waals surface area (Å²) in [5, 5.41) is 20.2. The highest BCUT2D eigenvalue weighted by molar-refractivity contribution is 7.93. The number of fused-ring (bicyclic) bond motifs is 2. The number of nitrogens with zero attached hydrogens (tertiary/aromatic N) is 2. The summed E-state index contributed by atoms with van der Waals surface area (Å²) in [6.07, 6.45) is 0.963. The average Bonchev–Trinajstić information content (AvgIpc) is 2.96. The van der Waals surface area contributed by atoms with Gasteiger partial charge in [0.2, 0.25) is 14.7 Å². The van der Waals surface area contributed by atoms with Crippen molar-refractivity contribution in [1.29, 1.82) is 5.26 Å². The number of amides is 1. The fraction of sp³-hybridized carbons (Fsp3) is 0.367. The standard InChI is InChI=1S/C30H31N3O6S/c31-19-21-7-5-6-20(16-21)18-30(32,40(37,38)24-13-12-22-8-1-2-9-23(22)17-24)28(34)33-15-14-27(39-29(35)36)25-10-3-4-11-26(25)33/h1-2,5-9,12-13,16-17,25-27H,3-4,10-11,14-15,18,32H2,(H,35,36)/t25?,26?,27?,30-/m1/s1. The van der Waals surface area contributed by atoms with Crippen LogP contribution in [0.5, 0.6) is 0 Å². The zero-order chi connectivity index (χ0) is 28.5. The van der Waals surface area contributed by atoms with Crippen LogP contribution >= 0.6 is 0 Å². The minimum absolute atomic E-state index is 0.0669. The molecule has 3 aromatic rings. The summed E-state index contributed by atoms with van der Waals surface area (Å²) >= 11 is 0. The molecule has 4 atom stereocenters. The van der Waals surface area contributed by atoms with E-state index in [2.05, 4.69) is 0 Å². The Labute approximate surface area is 233 Å². The van der Waals surface area contributed by atoms with Crippen LogP contribution in [0.1, 0.15) is 43.2 Å². The van der Waals surface area contributed by atoms with Crippen molar-refractivity contribution in [3.05, 3.63) is 77.9 Å². The van der Waals surface area contributed by atoms with Crippen molar-refractivity contribution < 1.29 is 27.9 Å². The lowest BCUT2D eigenvalue weighted by molar-refractivity contribution is -0.145. The largest absolute Gasteiger partial charge is 0.506 e. The van der Waals surface area contributed by atoms with Crippen LogP contribution < -0.4 is 5.73 Å². The first-order valence-corrected chi connectivity index (χ1v) is 14.8. The average molecular weight is 562 g/mol. The molecule has 3 aromatic carbocycles. The maximum atomic E-state index is 14.4. The number of carbonyl (C=O) groups excluding carboxylic acids is 1. The molecule has 0 radical (unpaired) electrons. The van der Waals surface area contributed by atoms with Gasteiger partial charge in [0, 0.05) is 31.3 Å². The van der Waals surface area contributed by atoms with E-state index in [1.807, 2.05) is 18.2 Å². The number of benzene rings is 3. The molecule has 1 heterocycles. The van der Waals surface area contributed by atoms with Crippen molar-refractivity contribution in [2.24, 2.45) is 11.7 Å². The Morgan fingerprint density at radius 2 is 1.77 bits per heavy atom. The number of nitriles is 1. The maximum absolute atomic E-state index is 14.4. The second kappa shape index (κ2) is 10.9. The van der Waals surface area contributed by atoms with Crippen molar-refractivity contribution >= 4 is 32.7 Å². The molecule has 9 nitrogen and oxygen atoms in total. The number of hydrogen-bond donors (Lipinski definition) is 2. The number of carbonyl (C=O) groups is 2. The number of likely N-dealkylation sites (tertiary alicyclic amines) is 1. The first-order chi connectivity index (χ1) is 19.1. The predicted molar refractivity (Wildman–Crippen MR) is 148 cm³/mol. The zero-order valence-corrected chi connectivity index (χ0v) is 22.7. The molecule has 1 aliphatic heterocycles. The van der Waals surface area contributed by atoms with Crippen molar-refractivity contribution in [2.75, 3.05) is 6.54 Å². The minimum Gasteiger partial charge on any atom is -0.450 e. The molecule has 5 rings (SSSR count). The quantitative estimate of drug-likeness (QED) is 0.424. The first-order valence-electron chi connectivity index (χ1n) is 13.4. The molecule has 3 N–H and O–H groups in total. The van der Waals surface area contributed by atoms with Crippen molar-refractivity contribution in [2.45, 2.75) is 60.4 Å². The van der Waals surface area contributed by atoms with E-state index in [-0.39, 0.29) is 36.2 Å². The Hall–Kier alpha value is -3.94. The van der Waals surface area contributed by atoms with Crippen molar-refractivity contribution in [3.8, 4) is 6.07 Å². The van der Waals surface area contributed by atoms with Gasteiger partial charge in [-0.15, -0.1) is 0 Å². The highest BCUT2D eigenvalue weighted by Crippen LogP contribution is 2.39. The fourth-order valence-corrected chi connectivity index (χ4v) is 7.92. The molecule has 40 heavy (non-hydrogen) atoms. The SMILES string of the molecule is N#Cc1cccc(C[C@](N)(C(=O)N2CCC(OC(=O)O)C3CCCCC32)S(=O)(=O)c2ccc3ccccc3c2)c1. The van der Waals surface area contributed by atoms with E-state index in [0.29, 0.717) is 29.4 Å². The molecule has 2 aliphatic rings. The molecule has 0 spiro atoms. The van der Waals surface area contributed by atoms with E-state index in [0.717, 1.165) is 18.2 Å². The Kier molecular flexibility index (Phi) is 7.53. The Morgan fingerprint density at radius 1 is 1.02 bits per heavy atom. The molecule has 1 saturated heterocycles. The summed E-state index contributed by atoms with van der Waals surface area (Å²) in [7, 11) is -4.45. The molecule has 1 aliphatic carbocycles. The second-order valence-electron chi connectivity index (χ2n) is 10.6. The van der Waals surface area contributed by atoms with Gasteiger partial charge in [-0.25, -0.2) is 13.2 Å². The number of rotatable bonds is 6. The molecule has 0 bridgehead atoms. The van der Waals surface area contributed by atoms with E-state index < -0.39 is 32.9 Å². The van der Waals surface area contributed by atoms with E-state index >= 15 is 0 Å². The fourth-order valence-electron chi connectivity index (χ4n) is 6.26. The van der Waals surface area contributed by atoms with Gasteiger partial charge >= 0.3 is 6.16 Å². The van der Waals surface area contributed by atoms with Crippen molar-refractivity contribution in [1.82, 2.24) is 4.90 Å². The van der Waals surface area contributed by atoms with Crippen LogP contribution in [0.4, 0.5) is 4.79 Å². The van der Waals surface area contributed by atoms with E-state index in [4.69, 9.17) is 10.5 Å². The minimum atomic E-state index is -4.45. The van der Waals surface area contributed by atoms with Gasteiger partial charge in [-0.05, 0) is 53.4 Å². The summed E-state index contributed by atoms with van der Waals surface area (Å²) in [5.41, 5.74) is 7.58. The zero-order valence-electron chi connectivity index (χ0n) is 21.9. The summed E-state index contributed by atoms with van der Waals surface area (Å²) in [4.78, 5) is 24.9. The Balaban J connectivity index is 1.58. The molecule has 1 saturated carbocycles. The summed E-state index contributed by atoms with van der Waals surface area (Å²) in [6.45, 7) is 0.127. The van der Waals surface area contributed by atoms with Gasteiger partial charge in [-0.2, -0.15) is 5.26 Å².